The van der Waals surface area contributed by atoms with E-state index in [4.69, 9.17) is 14.6 Å². The van der Waals surface area contributed by atoms with Crippen molar-refractivity contribution in [2.24, 2.45) is 0 Å². The van der Waals surface area contributed by atoms with Crippen LogP contribution in [0.25, 0.3) is 0 Å². The molecule has 1 aromatic carbocycles. The van der Waals surface area contributed by atoms with Crippen LogP contribution in [0, 0.1) is 0 Å². The number of aliphatic hydroxyl groups excluding tert-OH is 1. The van der Waals surface area contributed by atoms with Crippen molar-refractivity contribution >= 4 is 0 Å². The van der Waals surface area contributed by atoms with Crippen LogP contribution in [-0.2, 0) is 0 Å². The van der Waals surface area contributed by atoms with Crippen LogP contribution in [0.5, 0.6) is 11.5 Å². The molecule has 0 fully saturated rings. The molecule has 0 aromatic heterocycles. The molecular formula is C12H18O3. The predicted octanol–water partition coefficient (Wildman–Crippen LogP) is 2.24. The fraction of sp³-hybridized carbons (Fsp3) is 0.500. The summed E-state index contributed by atoms with van der Waals surface area (Å²) >= 11 is 0. The van der Waals surface area contributed by atoms with Crippen molar-refractivity contribution < 1.29 is 14.6 Å². The van der Waals surface area contributed by atoms with E-state index in [0.717, 1.165) is 11.5 Å². The van der Waals surface area contributed by atoms with Gasteiger partial charge in [-0.25, -0.2) is 0 Å². The van der Waals surface area contributed by atoms with Gasteiger partial charge in [0, 0.05) is 13.0 Å². The molecule has 0 spiro atoms. The SMILES string of the molecule is CC.OCCC1COc2ccccc2O1. The van der Waals surface area contributed by atoms with Crippen LogP contribution in [-0.4, -0.2) is 24.4 Å². The summed E-state index contributed by atoms with van der Waals surface area (Å²) in [6.07, 6.45) is 0.605. The molecule has 2 rings (SSSR count). The first-order valence-corrected chi connectivity index (χ1v) is 5.39. The van der Waals surface area contributed by atoms with E-state index in [9.17, 15) is 0 Å². The summed E-state index contributed by atoms with van der Waals surface area (Å²) in [5, 5.41) is 8.73. The number of ether oxygens (including phenoxy) is 2. The molecule has 1 aliphatic rings. The standard InChI is InChI=1S/C10H12O3.C2H6/c11-6-5-8-7-12-9-3-1-2-4-10(9)13-8;1-2/h1-4,8,11H,5-7H2;1-2H3. The molecule has 1 unspecified atom stereocenters. The van der Waals surface area contributed by atoms with Crippen molar-refractivity contribution in [3.05, 3.63) is 24.3 Å². The van der Waals surface area contributed by atoms with E-state index in [1.54, 1.807) is 0 Å². The molecule has 0 radical (unpaired) electrons. The summed E-state index contributed by atoms with van der Waals surface area (Å²) in [4.78, 5) is 0. The second-order valence-electron chi connectivity index (χ2n) is 3.01. The minimum Gasteiger partial charge on any atom is -0.486 e. The number of aliphatic hydroxyl groups is 1. The summed E-state index contributed by atoms with van der Waals surface area (Å²) in [5.74, 6) is 1.56. The Hall–Kier alpha value is -1.22. The van der Waals surface area contributed by atoms with Gasteiger partial charge in [-0.15, -0.1) is 0 Å². The molecule has 0 saturated carbocycles. The largest absolute Gasteiger partial charge is 0.486 e. The maximum Gasteiger partial charge on any atom is 0.161 e. The van der Waals surface area contributed by atoms with Gasteiger partial charge in [0.1, 0.15) is 12.7 Å². The molecule has 84 valence electrons. The molecule has 0 amide bonds. The lowest BCUT2D eigenvalue weighted by atomic mass is 10.2. The van der Waals surface area contributed by atoms with E-state index in [0.29, 0.717) is 13.0 Å². The molecule has 1 heterocycles. The third-order valence-corrected chi connectivity index (χ3v) is 2.02. The first-order valence-electron chi connectivity index (χ1n) is 5.39. The van der Waals surface area contributed by atoms with Crippen molar-refractivity contribution in [3.63, 3.8) is 0 Å². The number of para-hydroxylation sites is 2. The van der Waals surface area contributed by atoms with E-state index in [-0.39, 0.29) is 12.7 Å². The lowest BCUT2D eigenvalue weighted by molar-refractivity contribution is 0.0704. The van der Waals surface area contributed by atoms with Gasteiger partial charge in [0.25, 0.3) is 0 Å². The Morgan fingerprint density at radius 3 is 2.60 bits per heavy atom. The molecule has 3 nitrogen and oxygen atoms in total. The Labute approximate surface area is 90.6 Å². The van der Waals surface area contributed by atoms with Gasteiger partial charge in [-0.1, -0.05) is 26.0 Å². The summed E-state index contributed by atoms with van der Waals surface area (Å²) in [7, 11) is 0. The summed E-state index contributed by atoms with van der Waals surface area (Å²) in [6, 6.07) is 7.57. The smallest absolute Gasteiger partial charge is 0.161 e. The van der Waals surface area contributed by atoms with Gasteiger partial charge in [-0.05, 0) is 12.1 Å². The second-order valence-corrected chi connectivity index (χ2v) is 3.01. The first-order chi connectivity index (χ1) is 7.40. The van der Waals surface area contributed by atoms with Gasteiger partial charge in [-0.3, -0.25) is 0 Å². The zero-order valence-corrected chi connectivity index (χ0v) is 9.27. The van der Waals surface area contributed by atoms with Gasteiger partial charge < -0.3 is 14.6 Å². The zero-order valence-electron chi connectivity index (χ0n) is 9.27. The fourth-order valence-electron chi connectivity index (χ4n) is 1.35. The average Bonchev–Trinajstić information content (AvgIpc) is 2.32. The van der Waals surface area contributed by atoms with Crippen LogP contribution < -0.4 is 9.47 Å². The number of rotatable bonds is 2. The number of benzene rings is 1. The van der Waals surface area contributed by atoms with Crippen LogP contribution >= 0.6 is 0 Å². The van der Waals surface area contributed by atoms with Crippen molar-refractivity contribution in [3.8, 4) is 11.5 Å². The lowest BCUT2D eigenvalue weighted by Crippen LogP contribution is -2.29. The molecule has 1 N–H and O–H groups in total. The lowest BCUT2D eigenvalue weighted by Gasteiger charge is -2.25. The van der Waals surface area contributed by atoms with Crippen LogP contribution in [0.4, 0.5) is 0 Å². The Morgan fingerprint density at radius 2 is 1.93 bits per heavy atom. The van der Waals surface area contributed by atoms with E-state index < -0.39 is 0 Å². The van der Waals surface area contributed by atoms with Crippen LogP contribution in [0.15, 0.2) is 24.3 Å². The molecular weight excluding hydrogens is 192 g/mol. The van der Waals surface area contributed by atoms with E-state index in [1.165, 1.54) is 0 Å². The summed E-state index contributed by atoms with van der Waals surface area (Å²) < 4.78 is 11.0. The Balaban J connectivity index is 0.000000531. The van der Waals surface area contributed by atoms with E-state index >= 15 is 0 Å². The molecule has 0 bridgehead atoms. The normalized spacial score (nSPS) is 17.7. The third kappa shape index (κ3) is 3.13. The minimum absolute atomic E-state index is 0.0140. The third-order valence-electron chi connectivity index (χ3n) is 2.02. The summed E-state index contributed by atoms with van der Waals surface area (Å²) in [5.41, 5.74) is 0. The van der Waals surface area contributed by atoms with Crippen LogP contribution in [0.3, 0.4) is 0 Å². The molecule has 1 aromatic rings. The highest BCUT2D eigenvalue weighted by molar-refractivity contribution is 5.40. The van der Waals surface area contributed by atoms with Crippen LogP contribution in [0.1, 0.15) is 20.3 Å². The monoisotopic (exact) mass is 210 g/mol. The maximum absolute atomic E-state index is 8.73. The van der Waals surface area contributed by atoms with Crippen molar-refractivity contribution in [1.82, 2.24) is 0 Å². The zero-order chi connectivity index (χ0) is 11.1. The molecule has 15 heavy (non-hydrogen) atoms. The number of hydrogen-bond donors (Lipinski definition) is 1. The molecule has 1 atom stereocenters. The van der Waals surface area contributed by atoms with Gasteiger partial charge in [0.05, 0.1) is 0 Å². The molecule has 0 aliphatic carbocycles. The molecule has 0 saturated heterocycles. The van der Waals surface area contributed by atoms with E-state index in [2.05, 4.69) is 0 Å². The van der Waals surface area contributed by atoms with E-state index in [1.807, 2.05) is 38.1 Å². The van der Waals surface area contributed by atoms with Gasteiger partial charge in [0.15, 0.2) is 11.5 Å². The topological polar surface area (TPSA) is 38.7 Å². The molecule has 1 aliphatic heterocycles. The van der Waals surface area contributed by atoms with Crippen molar-refractivity contribution in [1.29, 1.82) is 0 Å². The highest BCUT2D eigenvalue weighted by Gasteiger charge is 2.19. The highest BCUT2D eigenvalue weighted by atomic mass is 16.6. The van der Waals surface area contributed by atoms with Gasteiger partial charge in [-0.2, -0.15) is 0 Å². The van der Waals surface area contributed by atoms with Crippen LogP contribution in [0.2, 0.25) is 0 Å². The summed E-state index contributed by atoms with van der Waals surface area (Å²) in [6.45, 7) is 4.66. The Morgan fingerprint density at radius 1 is 1.27 bits per heavy atom. The second kappa shape index (κ2) is 6.30. The fourth-order valence-corrected chi connectivity index (χ4v) is 1.35. The number of fused-ring (bicyclic) bond motifs is 1. The maximum atomic E-state index is 8.73. The Bertz CT molecular complexity index is 286. The van der Waals surface area contributed by atoms with Gasteiger partial charge in [0.2, 0.25) is 0 Å². The Kier molecular flexibility index (Phi) is 4.98. The number of hydrogen-bond acceptors (Lipinski definition) is 3. The van der Waals surface area contributed by atoms with Gasteiger partial charge >= 0.3 is 0 Å². The predicted molar refractivity (Wildman–Crippen MR) is 59.4 cm³/mol. The average molecular weight is 210 g/mol. The van der Waals surface area contributed by atoms with Crippen molar-refractivity contribution in [2.45, 2.75) is 26.4 Å². The first kappa shape index (κ1) is 11.9. The molecule has 3 heteroatoms. The quantitative estimate of drug-likeness (QED) is 0.813. The minimum atomic E-state index is -0.0140. The van der Waals surface area contributed by atoms with Crippen molar-refractivity contribution in [2.75, 3.05) is 13.2 Å². The highest BCUT2D eigenvalue weighted by Crippen LogP contribution is 2.31.